The van der Waals surface area contributed by atoms with Crippen LogP contribution in [0.3, 0.4) is 0 Å². The van der Waals surface area contributed by atoms with Crippen LogP contribution >= 0.6 is 23.2 Å². The number of pyridine rings is 1. The van der Waals surface area contributed by atoms with E-state index >= 15 is 0 Å². The number of halogens is 2. The SMILES string of the molecule is Cc1cc(C)c2nc(Cl)c(CN(C(=O)Nc3ccccc3Cl)C3CCCC3)cc2c1. The molecule has 1 fully saturated rings. The minimum atomic E-state index is -0.161. The molecule has 0 radical (unpaired) electrons. The van der Waals surface area contributed by atoms with E-state index in [4.69, 9.17) is 23.2 Å². The van der Waals surface area contributed by atoms with Crippen molar-refractivity contribution in [1.82, 2.24) is 9.88 Å². The molecule has 0 saturated heterocycles. The van der Waals surface area contributed by atoms with Gasteiger partial charge >= 0.3 is 6.03 Å². The van der Waals surface area contributed by atoms with E-state index in [0.717, 1.165) is 47.7 Å². The summed E-state index contributed by atoms with van der Waals surface area (Å²) >= 11 is 12.8. The maximum atomic E-state index is 13.2. The largest absolute Gasteiger partial charge is 0.322 e. The Morgan fingerprint density at radius 1 is 1.13 bits per heavy atom. The Morgan fingerprint density at radius 2 is 1.87 bits per heavy atom. The summed E-state index contributed by atoms with van der Waals surface area (Å²) in [6, 6.07) is 13.6. The molecule has 2 amide bonds. The standard InChI is InChI=1S/C24H25Cl2N3O/c1-15-11-16(2)22-17(12-15)13-18(23(26)28-22)14-29(19-7-3-4-8-19)24(30)27-21-10-6-5-9-20(21)25/h5-6,9-13,19H,3-4,7-8,14H2,1-2H3,(H,27,30). The second kappa shape index (κ2) is 8.83. The second-order valence-electron chi connectivity index (χ2n) is 8.07. The number of aromatic nitrogens is 1. The van der Waals surface area contributed by atoms with Gasteiger partial charge in [0.1, 0.15) is 5.15 Å². The van der Waals surface area contributed by atoms with Gasteiger partial charge in [-0.15, -0.1) is 0 Å². The number of fused-ring (bicyclic) bond motifs is 1. The summed E-state index contributed by atoms with van der Waals surface area (Å²) in [5.74, 6) is 0. The van der Waals surface area contributed by atoms with Crippen molar-refractivity contribution in [2.45, 2.75) is 52.1 Å². The van der Waals surface area contributed by atoms with Gasteiger partial charge in [-0.1, -0.05) is 59.8 Å². The predicted octanol–water partition coefficient (Wildman–Crippen LogP) is 7.14. The Balaban J connectivity index is 1.66. The van der Waals surface area contributed by atoms with E-state index in [9.17, 15) is 4.79 Å². The van der Waals surface area contributed by atoms with E-state index in [1.807, 2.05) is 30.0 Å². The van der Waals surface area contributed by atoms with Gasteiger partial charge in [0.25, 0.3) is 0 Å². The molecule has 1 N–H and O–H groups in total. The molecule has 1 saturated carbocycles. The van der Waals surface area contributed by atoms with Crippen molar-refractivity contribution in [3.8, 4) is 0 Å². The molecule has 1 aliphatic carbocycles. The third kappa shape index (κ3) is 4.40. The van der Waals surface area contributed by atoms with Gasteiger partial charge in [-0.05, 0) is 56.5 Å². The van der Waals surface area contributed by atoms with Gasteiger partial charge in [0, 0.05) is 17.0 Å². The zero-order valence-corrected chi connectivity index (χ0v) is 18.7. The van der Waals surface area contributed by atoms with Crippen molar-refractivity contribution in [2.75, 3.05) is 5.32 Å². The number of amides is 2. The maximum absolute atomic E-state index is 13.2. The molecule has 30 heavy (non-hydrogen) atoms. The maximum Gasteiger partial charge on any atom is 0.322 e. The molecule has 2 aromatic carbocycles. The highest BCUT2D eigenvalue weighted by Crippen LogP contribution is 2.30. The number of benzene rings is 2. The Hall–Kier alpha value is -2.30. The number of carbonyl (C=O) groups excluding carboxylic acids is 1. The van der Waals surface area contributed by atoms with Crippen LogP contribution in [0.4, 0.5) is 10.5 Å². The fourth-order valence-corrected chi connectivity index (χ4v) is 4.68. The number of urea groups is 1. The molecule has 6 heteroatoms. The van der Waals surface area contributed by atoms with Crippen molar-refractivity contribution < 1.29 is 4.79 Å². The lowest BCUT2D eigenvalue weighted by Crippen LogP contribution is -2.41. The number of aryl methyl sites for hydroxylation is 2. The van der Waals surface area contributed by atoms with Crippen molar-refractivity contribution in [1.29, 1.82) is 0 Å². The van der Waals surface area contributed by atoms with Gasteiger partial charge in [0.05, 0.1) is 22.8 Å². The molecular formula is C24H25Cl2N3O. The molecule has 0 aliphatic heterocycles. The van der Waals surface area contributed by atoms with Gasteiger partial charge in [0.2, 0.25) is 0 Å². The number of hydrogen-bond donors (Lipinski definition) is 1. The first-order valence-corrected chi connectivity index (χ1v) is 11.1. The van der Waals surface area contributed by atoms with Crippen molar-refractivity contribution in [2.24, 2.45) is 0 Å². The molecule has 0 spiro atoms. The van der Waals surface area contributed by atoms with E-state index in [2.05, 4.69) is 35.4 Å². The average molecular weight is 442 g/mol. The fourth-order valence-electron chi connectivity index (χ4n) is 4.30. The Bertz CT molecular complexity index is 1090. The smallest absolute Gasteiger partial charge is 0.317 e. The Labute approximate surface area is 187 Å². The van der Waals surface area contributed by atoms with Gasteiger partial charge in [-0.2, -0.15) is 0 Å². The summed E-state index contributed by atoms with van der Waals surface area (Å²) in [6.07, 6.45) is 4.24. The normalized spacial score (nSPS) is 14.3. The van der Waals surface area contributed by atoms with Crippen LogP contribution in [0.1, 0.15) is 42.4 Å². The predicted molar refractivity (Wildman–Crippen MR) is 124 cm³/mol. The van der Waals surface area contributed by atoms with E-state index in [1.165, 1.54) is 5.56 Å². The van der Waals surface area contributed by atoms with Crippen molar-refractivity contribution in [3.05, 3.63) is 69.3 Å². The zero-order valence-electron chi connectivity index (χ0n) is 17.2. The third-order valence-corrected chi connectivity index (χ3v) is 6.42. The summed E-state index contributed by atoms with van der Waals surface area (Å²) in [6.45, 7) is 4.53. The molecule has 0 unspecified atom stereocenters. The van der Waals surface area contributed by atoms with Gasteiger partial charge < -0.3 is 10.2 Å². The van der Waals surface area contributed by atoms with Crippen LogP contribution in [-0.2, 0) is 6.54 Å². The van der Waals surface area contributed by atoms with E-state index < -0.39 is 0 Å². The molecule has 0 atom stereocenters. The van der Waals surface area contributed by atoms with Gasteiger partial charge in [-0.3, -0.25) is 0 Å². The lowest BCUT2D eigenvalue weighted by Gasteiger charge is -2.29. The Morgan fingerprint density at radius 3 is 2.60 bits per heavy atom. The monoisotopic (exact) mass is 441 g/mol. The Kier molecular flexibility index (Phi) is 6.16. The summed E-state index contributed by atoms with van der Waals surface area (Å²) < 4.78 is 0. The van der Waals surface area contributed by atoms with Gasteiger partial charge in [-0.25, -0.2) is 9.78 Å². The molecule has 0 bridgehead atoms. The number of anilines is 1. The molecule has 3 aromatic rings. The second-order valence-corrected chi connectivity index (χ2v) is 8.83. The third-order valence-electron chi connectivity index (χ3n) is 5.76. The molecule has 1 heterocycles. The van der Waals surface area contributed by atoms with E-state index in [-0.39, 0.29) is 12.1 Å². The molecule has 4 rings (SSSR count). The minimum absolute atomic E-state index is 0.161. The van der Waals surface area contributed by atoms with Crippen LogP contribution in [0.25, 0.3) is 10.9 Å². The van der Waals surface area contributed by atoms with Crippen LogP contribution in [-0.4, -0.2) is 22.0 Å². The van der Waals surface area contributed by atoms with Gasteiger partial charge in [0.15, 0.2) is 0 Å². The van der Waals surface area contributed by atoms with Crippen LogP contribution < -0.4 is 5.32 Å². The number of nitrogens with one attached hydrogen (secondary N) is 1. The number of para-hydroxylation sites is 1. The van der Waals surface area contributed by atoms with Crippen molar-refractivity contribution in [3.63, 3.8) is 0 Å². The van der Waals surface area contributed by atoms with Crippen LogP contribution in [0.5, 0.6) is 0 Å². The quantitative estimate of drug-likeness (QED) is 0.437. The van der Waals surface area contributed by atoms with Crippen LogP contribution in [0.2, 0.25) is 10.2 Å². The zero-order chi connectivity index (χ0) is 21.3. The summed E-state index contributed by atoms with van der Waals surface area (Å²) in [4.78, 5) is 19.8. The highest BCUT2D eigenvalue weighted by atomic mass is 35.5. The molecule has 1 aromatic heterocycles. The molecule has 1 aliphatic rings. The van der Waals surface area contributed by atoms with Crippen LogP contribution in [0.15, 0.2) is 42.5 Å². The number of carbonyl (C=O) groups is 1. The first kappa shape index (κ1) is 21.0. The number of hydrogen-bond acceptors (Lipinski definition) is 2. The molecular weight excluding hydrogens is 417 g/mol. The summed E-state index contributed by atoms with van der Waals surface area (Å²) in [5, 5.41) is 4.99. The number of nitrogens with zero attached hydrogens (tertiary/aromatic N) is 2. The average Bonchev–Trinajstić information content (AvgIpc) is 3.23. The highest BCUT2D eigenvalue weighted by Gasteiger charge is 2.28. The van der Waals surface area contributed by atoms with E-state index in [0.29, 0.717) is 22.4 Å². The highest BCUT2D eigenvalue weighted by molar-refractivity contribution is 6.33. The van der Waals surface area contributed by atoms with Crippen LogP contribution in [0, 0.1) is 13.8 Å². The molecule has 156 valence electrons. The fraction of sp³-hybridized carbons (Fsp3) is 0.333. The lowest BCUT2D eigenvalue weighted by atomic mass is 10.0. The summed E-state index contributed by atoms with van der Waals surface area (Å²) in [5.41, 5.74) is 4.65. The first-order valence-electron chi connectivity index (χ1n) is 10.3. The first-order chi connectivity index (χ1) is 14.4. The molecule has 4 nitrogen and oxygen atoms in total. The minimum Gasteiger partial charge on any atom is -0.317 e. The topological polar surface area (TPSA) is 45.2 Å². The van der Waals surface area contributed by atoms with E-state index in [1.54, 1.807) is 6.07 Å². The summed E-state index contributed by atoms with van der Waals surface area (Å²) in [7, 11) is 0. The lowest BCUT2D eigenvalue weighted by molar-refractivity contribution is 0.184. The van der Waals surface area contributed by atoms with Crippen molar-refractivity contribution >= 4 is 45.8 Å². The number of rotatable bonds is 4.